The van der Waals surface area contributed by atoms with Crippen LogP contribution in [-0.4, -0.2) is 14.6 Å². The predicted octanol–water partition coefficient (Wildman–Crippen LogP) is 2.67. The van der Waals surface area contributed by atoms with Gasteiger partial charge in [0.15, 0.2) is 5.65 Å². The number of anilines is 1. The van der Waals surface area contributed by atoms with Crippen molar-refractivity contribution in [3.05, 3.63) is 23.5 Å². The molecule has 0 saturated heterocycles. The van der Waals surface area contributed by atoms with Crippen LogP contribution in [0.25, 0.3) is 5.65 Å². The molecule has 2 N–H and O–H groups in total. The lowest BCUT2D eigenvalue weighted by Gasteiger charge is -2.21. The van der Waals surface area contributed by atoms with Crippen molar-refractivity contribution in [1.82, 2.24) is 14.6 Å². The fourth-order valence-corrected chi connectivity index (χ4v) is 2.72. The first-order valence-electron chi connectivity index (χ1n) is 6.36. The van der Waals surface area contributed by atoms with Crippen molar-refractivity contribution < 1.29 is 0 Å². The number of fused-ring (bicyclic) bond motifs is 1. The Labute approximate surface area is 101 Å². The van der Waals surface area contributed by atoms with Crippen LogP contribution in [0.4, 0.5) is 5.82 Å². The summed E-state index contributed by atoms with van der Waals surface area (Å²) in [5.74, 6) is 1.29. The zero-order valence-corrected chi connectivity index (χ0v) is 10.2. The molecule has 2 heterocycles. The fraction of sp³-hybridized carbons (Fsp3) is 0.538. The van der Waals surface area contributed by atoms with Crippen LogP contribution in [0.5, 0.6) is 0 Å². The standard InChI is InChI=1S/C13H18N4/c1-9-8-15-17-12(14)7-11(16-13(9)17)10-5-3-2-4-6-10/h7-8,10H,2-6,14H2,1H3. The van der Waals surface area contributed by atoms with Crippen LogP contribution in [0.15, 0.2) is 12.3 Å². The average Bonchev–Trinajstić information content (AvgIpc) is 2.73. The van der Waals surface area contributed by atoms with E-state index in [1.807, 2.05) is 19.2 Å². The molecular formula is C13H18N4. The highest BCUT2D eigenvalue weighted by Crippen LogP contribution is 2.32. The number of hydrogen-bond donors (Lipinski definition) is 1. The van der Waals surface area contributed by atoms with Crippen molar-refractivity contribution in [2.75, 3.05) is 5.73 Å². The van der Waals surface area contributed by atoms with Gasteiger partial charge in [0.05, 0.1) is 6.20 Å². The van der Waals surface area contributed by atoms with Gasteiger partial charge in [-0.3, -0.25) is 0 Å². The van der Waals surface area contributed by atoms with Crippen LogP contribution in [0, 0.1) is 6.92 Å². The van der Waals surface area contributed by atoms with E-state index in [0.717, 1.165) is 16.9 Å². The number of rotatable bonds is 1. The van der Waals surface area contributed by atoms with E-state index < -0.39 is 0 Å². The summed E-state index contributed by atoms with van der Waals surface area (Å²) < 4.78 is 1.72. The monoisotopic (exact) mass is 230 g/mol. The average molecular weight is 230 g/mol. The summed E-state index contributed by atoms with van der Waals surface area (Å²) in [7, 11) is 0. The Morgan fingerprint density at radius 3 is 2.82 bits per heavy atom. The van der Waals surface area contributed by atoms with Gasteiger partial charge in [-0.25, -0.2) is 4.98 Å². The maximum absolute atomic E-state index is 6.04. The Morgan fingerprint density at radius 1 is 1.29 bits per heavy atom. The highest BCUT2D eigenvalue weighted by Gasteiger charge is 2.18. The van der Waals surface area contributed by atoms with E-state index in [2.05, 4.69) is 5.10 Å². The van der Waals surface area contributed by atoms with Crippen LogP contribution in [0.1, 0.15) is 49.3 Å². The van der Waals surface area contributed by atoms with Crippen molar-refractivity contribution in [3.8, 4) is 0 Å². The topological polar surface area (TPSA) is 56.2 Å². The summed E-state index contributed by atoms with van der Waals surface area (Å²) in [6.45, 7) is 2.03. The molecule has 2 aromatic rings. The van der Waals surface area contributed by atoms with Gasteiger partial charge in [0, 0.05) is 23.2 Å². The largest absolute Gasteiger partial charge is 0.384 e. The fourth-order valence-electron chi connectivity index (χ4n) is 2.72. The lowest BCUT2D eigenvalue weighted by Crippen LogP contribution is -2.10. The third kappa shape index (κ3) is 1.77. The van der Waals surface area contributed by atoms with E-state index in [1.54, 1.807) is 4.52 Å². The molecule has 17 heavy (non-hydrogen) atoms. The molecule has 0 unspecified atom stereocenters. The minimum absolute atomic E-state index is 0.588. The highest BCUT2D eigenvalue weighted by atomic mass is 15.3. The van der Waals surface area contributed by atoms with Crippen molar-refractivity contribution in [2.45, 2.75) is 44.9 Å². The van der Waals surface area contributed by atoms with Gasteiger partial charge < -0.3 is 5.73 Å². The highest BCUT2D eigenvalue weighted by molar-refractivity contribution is 5.52. The van der Waals surface area contributed by atoms with Gasteiger partial charge in [-0.1, -0.05) is 19.3 Å². The van der Waals surface area contributed by atoms with Crippen LogP contribution >= 0.6 is 0 Å². The molecule has 0 aliphatic heterocycles. The van der Waals surface area contributed by atoms with Gasteiger partial charge in [0.1, 0.15) is 5.82 Å². The summed E-state index contributed by atoms with van der Waals surface area (Å²) in [5.41, 5.74) is 9.19. The van der Waals surface area contributed by atoms with Crippen molar-refractivity contribution in [1.29, 1.82) is 0 Å². The molecule has 1 aliphatic carbocycles. The maximum Gasteiger partial charge on any atom is 0.160 e. The molecule has 1 saturated carbocycles. The minimum Gasteiger partial charge on any atom is -0.384 e. The van der Waals surface area contributed by atoms with Crippen LogP contribution in [0.3, 0.4) is 0 Å². The third-order valence-electron chi connectivity index (χ3n) is 3.72. The first-order chi connectivity index (χ1) is 8.25. The Kier molecular flexibility index (Phi) is 2.50. The molecule has 1 aliphatic rings. The number of nitrogens with two attached hydrogens (primary N) is 1. The molecule has 3 rings (SSSR count). The van der Waals surface area contributed by atoms with E-state index in [4.69, 9.17) is 10.7 Å². The van der Waals surface area contributed by atoms with Crippen molar-refractivity contribution >= 4 is 11.5 Å². The van der Waals surface area contributed by atoms with Crippen molar-refractivity contribution in [2.24, 2.45) is 0 Å². The van der Waals surface area contributed by atoms with Gasteiger partial charge in [-0.2, -0.15) is 9.61 Å². The van der Waals surface area contributed by atoms with Gasteiger partial charge in [0.2, 0.25) is 0 Å². The van der Waals surface area contributed by atoms with E-state index in [-0.39, 0.29) is 0 Å². The Bertz CT molecular complexity index is 538. The Hall–Kier alpha value is -1.58. The number of nitrogen functional groups attached to an aromatic ring is 1. The summed E-state index contributed by atoms with van der Waals surface area (Å²) in [6.07, 6.45) is 8.31. The van der Waals surface area contributed by atoms with E-state index in [0.29, 0.717) is 11.7 Å². The molecule has 0 spiro atoms. The second-order valence-corrected chi connectivity index (χ2v) is 5.00. The smallest absolute Gasteiger partial charge is 0.160 e. The van der Waals surface area contributed by atoms with E-state index in [9.17, 15) is 0 Å². The van der Waals surface area contributed by atoms with Gasteiger partial charge in [-0.15, -0.1) is 0 Å². The first kappa shape index (κ1) is 10.6. The molecular weight excluding hydrogens is 212 g/mol. The van der Waals surface area contributed by atoms with Gasteiger partial charge in [0.25, 0.3) is 0 Å². The maximum atomic E-state index is 6.04. The molecule has 90 valence electrons. The lowest BCUT2D eigenvalue weighted by molar-refractivity contribution is 0.437. The molecule has 0 aromatic carbocycles. The second-order valence-electron chi connectivity index (χ2n) is 5.00. The van der Waals surface area contributed by atoms with E-state index in [1.165, 1.54) is 32.1 Å². The van der Waals surface area contributed by atoms with Crippen LogP contribution in [-0.2, 0) is 0 Å². The van der Waals surface area contributed by atoms with Crippen molar-refractivity contribution in [3.63, 3.8) is 0 Å². The second kappa shape index (κ2) is 4.02. The molecule has 4 nitrogen and oxygen atoms in total. The number of hydrogen-bond acceptors (Lipinski definition) is 3. The normalized spacial score (nSPS) is 17.7. The minimum atomic E-state index is 0.588. The summed E-state index contributed by atoms with van der Waals surface area (Å²) in [5, 5.41) is 4.23. The zero-order chi connectivity index (χ0) is 11.8. The quantitative estimate of drug-likeness (QED) is 0.819. The predicted molar refractivity (Wildman–Crippen MR) is 68.0 cm³/mol. The molecule has 0 bridgehead atoms. The van der Waals surface area contributed by atoms with E-state index >= 15 is 0 Å². The lowest BCUT2D eigenvalue weighted by atomic mass is 9.87. The molecule has 0 atom stereocenters. The first-order valence-corrected chi connectivity index (χ1v) is 6.36. The summed E-state index contributed by atoms with van der Waals surface area (Å²) in [6, 6.07) is 2.00. The zero-order valence-electron chi connectivity index (χ0n) is 10.2. The number of aryl methyl sites for hydroxylation is 1. The van der Waals surface area contributed by atoms with Crippen LogP contribution in [0.2, 0.25) is 0 Å². The SMILES string of the molecule is Cc1cnn2c(N)cc(C3CCCCC3)nc12. The number of aromatic nitrogens is 3. The van der Waals surface area contributed by atoms with Crippen LogP contribution < -0.4 is 5.73 Å². The Balaban J connectivity index is 2.07. The molecule has 0 amide bonds. The Morgan fingerprint density at radius 2 is 2.06 bits per heavy atom. The summed E-state index contributed by atoms with van der Waals surface area (Å²) >= 11 is 0. The molecule has 1 fully saturated rings. The number of nitrogens with zero attached hydrogens (tertiary/aromatic N) is 3. The molecule has 0 radical (unpaired) electrons. The van der Waals surface area contributed by atoms with Gasteiger partial charge in [-0.05, 0) is 19.8 Å². The molecule has 4 heteroatoms. The summed E-state index contributed by atoms with van der Waals surface area (Å²) in [4.78, 5) is 4.74. The third-order valence-corrected chi connectivity index (χ3v) is 3.72. The molecule has 2 aromatic heterocycles. The van der Waals surface area contributed by atoms with Gasteiger partial charge >= 0.3 is 0 Å².